The largest absolute Gasteiger partial charge is 0.491 e. The molecule has 0 saturated heterocycles. The zero-order valence-corrected chi connectivity index (χ0v) is 18.0. The second kappa shape index (κ2) is 10.5. The molecule has 0 bridgehead atoms. The van der Waals surface area contributed by atoms with Gasteiger partial charge < -0.3 is 9.84 Å². The van der Waals surface area contributed by atoms with Crippen molar-refractivity contribution in [1.29, 1.82) is 0 Å². The lowest BCUT2D eigenvalue weighted by Gasteiger charge is -2.30. The summed E-state index contributed by atoms with van der Waals surface area (Å²) in [6.45, 7) is 4.19. The minimum absolute atomic E-state index is 0.281. The Morgan fingerprint density at radius 1 is 1.06 bits per heavy atom. The van der Waals surface area contributed by atoms with Gasteiger partial charge in [-0.05, 0) is 30.7 Å². The molecule has 1 aliphatic heterocycles. The van der Waals surface area contributed by atoms with Gasteiger partial charge in [0.15, 0.2) is 0 Å². The number of aliphatic hydroxyl groups excluding tert-OH is 1. The molecule has 1 aliphatic rings. The fourth-order valence-corrected chi connectivity index (χ4v) is 4.06. The maximum absolute atomic E-state index is 10.6. The monoisotopic (exact) mass is 418 g/mol. The number of aliphatic hydroxyl groups is 1. The fraction of sp³-hybridized carbons (Fsp3) is 0.360. The molecule has 6 heteroatoms. The molecule has 1 aromatic heterocycles. The highest BCUT2D eigenvalue weighted by Gasteiger charge is 2.19. The first kappa shape index (κ1) is 21.4. The van der Waals surface area contributed by atoms with Gasteiger partial charge in [0.25, 0.3) is 0 Å². The zero-order valence-electron chi connectivity index (χ0n) is 18.0. The van der Waals surface area contributed by atoms with Gasteiger partial charge in [-0.15, -0.1) is 0 Å². The summed E-state index contributed by atoms with van der Waals surface area (Å²) in [6.07, 6.45) is 5.68. The molecule has 0 aliphatic carbocycles. The Morgan fingerprint density at radius 2 is 1.87 bits per heavy atom. The number of β-amino-alcohol motifs (C(OH)–C–C–N with tert-alkyl or cyclic N) is 1. The van der Waals surface area contributed by atoms with E-state index in [9.17, 15) is 5.11 Å². The summed E-state index contributed by atoms with van der Waals surface area (Å²) < 4.78 is 6.03. The Labute approximate surface area is 184 Å². The molecule has 1 atom stereocenters. The van der Waals surface area contributed by atoms with Crippen LogP contribution in [0.1, 0.15) is 22.4 Å². The minimum atomic E-state index is -0.532. The lowest BCUT2D eigenvalue weighted by molar-refractivity contribution is 0.0632. The van der Waals surface area contributed by atoms with Crippen molar-refractivity contribution in [1.82, 2.24) is 19.8 Å². The zero-order chi connectivity index (χ0) is 21.5. The van der Waals surface area contributed by atoms with Crippen molar-refractivity contribution in [3.8, 4) is 5.75 Å². The summed E-state index contributed by atoms with van der Waals surface area (Å²) in [5.41, 5.74) is 4.80. The first-order valence-corrected chi connectivity index (χ1v) is 10.8. The van der Waals surface area contributed by atoms with Crippen LogP contribution >= 0.6 is 0 Å². The van der Waals surface area contributed by atoms with Gasteiger partial charge in [0.05, 0.1) is 5.69 Å². The van der Waals surface area contributed by atoms with E-state index in [-0.39, 0.29) is 6.61 Å². The van der Waals surface area contributed by atoms with Crippen molar-refractivity contribution in [3.05, 3.63) is 89.5 Å². The quantitative estimate of drug-likeness (QED) is 0.577. The summed E-state index contributed by atoms with van der Waals surface area (Å²) in [6, 6.07) is 16.6. The lowest BCUT2D eigenvalue weighted by atomic mass is 10.00. The SMILES string of the molecule is CN(Cc1cnccn1)Cc1ccccc1OCC(O)CN1CCc2ccccc2C1. The van der Waals surface area contributed by atoms with Gasteiger partial charge in [-0.1, -0.05) is 42.5 Å². The number of benzene rings is 2. The van der Waals surface area contributed by atoms with Gasteiger partial charge in [-0.2, -0.15) is 0 Å². The molecule has 0 saturated carbocycles. The molecular weight excluding hydrogens is 388 g/mol. The van der Waals surface area contributed by atoms with E-state index in [0.29, 0.717) is 13.1 Å². The number of hydrogen-bond acceptors (Lipinski definition) is 6. The molecule has 6 nitrogen and oxygen atoms in total. The van der Waals surface area contributed by atoms with Gasteiger partial charge in [-0.25, -0.2) is 0 Å². The van der Waals surface area contributed by atoms with Crippen LogP contribution in [0.3, 0.4) is 0 Å². The van der Waals surface area contributed by atoms with Crippen LogP contribution in [0, 0.1) is 0 Å². The molecule has 162 valence electrons. The summed E-state index contributed by atoms with van der Waals surface area (Å²) >= 11 is 0. The molecule has 2 heterocycles. The number of para-hydroxylation sites is 1. The van der Waals surface area contributed by atoms with Crippen LogP contribution in [-0.2, 0) is 26.1 Å². The number of fused-ring (bicyclic) bond motifs is 1. The highest BCUT2D eigenvalue weighted by molar-refractivity contribution is 5.33. The molecule has 2 aromatic carbocycles. The normalized spacial score (nSPS) is 14.9. The first-order valence-electron chi connectivity index (χ1n) is 10.8. The summed E-state index contributed by atoms with van der Waals surface area (Å²) in [7, 11) is 2.05. The van der Waals surface area contributed by atoms with Crippen LogP contribution in [0.5, 0.6) is 5.75 Å². The number of aromatic nitrogens is 2. The van der Waals surface area contributed by atoms with E-state index in [0.717, 1.165) is 43.1 Å². The fourth-order valence-electron chi connectivity index (χ4n) is 4.06. The van der Waals surface area contributed by atoms with E-state index >= 15 is 0 Å². The van der Waals surface area contributed by atoms with E-state index in [1.54, 1.807) is 18.6 Å². The van der Waals surface area contributed by atoms with Crippen LogP contribution < -0.4 is 4.74 Å². The number of nitrogens with zero attached hydrogens (tertiary/aromatic N) is 4. The smallest absolute Gasteiger partial charge is 0.123 e. The molecule has 0 amide bonds. The van der Waals surface area contributed by atoms with Crippen molar-refractivity contribution in [2.24, 2.45) is 0 Å². The maximum Gasteiger partial charge on any atom is 0.123 e. The van der Waals surface area contributed by atoms with E-state index in [1.165, 1.54) is 11.1 Å². The van der Waals surface area contributed by atoms with Crippen molar-refractivity contribution >= 4 is 0 Å². The number of hydrogen-bond donors (Lipinski definition) is 1. The van der Waals surface area contributed by atoms with E-state index in [2.05, 4.69) is 57.1 Å². The van der Waals surface area contributed by atoms with Crippen molar-refractivity contribution in [3.63, 3.8) is 0 Å². The second-order valence-corrected chi connectivity index (χ2v) is 8.20. The Morgan fingerprint density at radius 3 is 2.71 bits per heavy atom. The number of ether oxygens (including phenoxy) is 1. The molecule has 1 unspecified atom stereocenters. The Balaban J connectivity index is 1.28. The topological polar surface area (TPSA) is 61.7 Å². The van der Waals surface area contributed by atoms with Gasteiger partial charge >= 0.3 is 0 Å². The summed E-state index contributed by atoms with van der Waals surface area (Å²) in [4.78, 5) is 12.9. The van der Waals surface area contributed by atoms with Gasteiger partial charge in [0.2, 0.25) is 0 Å². The average molecular weight is 419 g/mol. The van der Waals surface area contributed by atoms with Crippen molar-refractivity contribution in [2.75, 3.05) is 26.7 Å². The average Bonchev–Trinajstić information content (AvgIpc) is 2.79. The van der Waals surface area contributed by atoms with Crippen molar-refractivity contribution in [2.45, 2.75) is 32.2 Å². The summed E-state index contributed by atoms with van der Waals surface area (Å²) in [5, 5.41) is 10.6. The first-order chi connectivity index (χ1) is 15.2. The Bertz CT molecular complexity index is 967. The lowest BCUT2D eigenvalue weighted by Crippen LogP contribution is -2.38. The molecule has 4 rings (SSSR count). The third-order valence-electron chi connectivity index (χ3n) is 5.57. The van der Waals surface area contributed by atoms with E-state index in [4.69, 9.17) is 4.74 Å². The van der Waals surface area contributed by atoms with Gasteiger partial charge in [0.1, 0.15) is 18.5 Å². The van der Waals surface area contributed by atoms with Crippen molar-refractivity contribution < 1.29 is 9.84 Å². The van der Waals surface area contributed by atoms with Crippen LogP contribution in [-0.4, -0.2) is 57.7 Å². The van der Waals surface area contributed by atoms with Crippen LogP contribution in [0.25, 0.3) is 0 Å². The predicted molar refractivity (Wildman–Crippen MR) is 121 cm³/mol. The standard InChI is InChI=1S/C25H30N4O2/c1-28(17-23-14-26-11-12-27-23)15-22-8-4-5-9-25(22)31-19-24(30)18-29-13-10-20-6-2-3-7-21(20)16-29/h2-9,11-12,14,24,30H,10,13,15-19H2,1H3. The predicted octanol–water partition coefficient (Wildman–Crippen LogP) is 2.91. The molecule has 0 radical (unpaired) electrons. The number of rotatable bonds is 9. The molecule has 0 spiro atoms. The van der Waals surface area contributed by atoms with Crippen LogP contribution in [0.4, 0.5) is 0 Å². The Hall–Kier alpha value is -2.80. The van der Waals surface area contributed by atoms with Crippen LogP contribution in [0.15, 0.2) is 67.1 Å². The second-order valence-electron chi connectivity index (χ2n) is 8.20. The Kier molecular flexibility index (Phi) is 7.25. The summed E-state index contributed by atoms with van der Waals surface area (Å²) in [5.74, 6) is 0.816. The molecular formula is C25H30N4O2. The maximum atomic E-state index is 10.6. The molecule has 0 fully saturated rings. The van der Waals surface area contributed by atoms with E-state index < -0.39 is 6.10 Å². The molecule has 1 N–H and O–H groups in total. The minimum Gasteiger partial charge on any atom is -0.491 e. The van der Waals surface area contributed by atoms with Gasteiger partial charge in [-0.3, -0.25) is 19.8 Å². The highest BCUT2D eigenvalue weighted by Crippen LogP contribution is 2.21. The highest BCUT2D eigenvalue weighted by atomic mass is 16.5. The van der Waals surface area contributed by atoms with Gasteiger partial charge in [0, 0.05) is 56.9 Å². The van der Waals surface area contributed by atoms with E-state index in [1.807, 2.05) is 18.2 Å². The third kappa shape index (κ3) is 6.10. The molecule has 31 heavy (non-hydrogen) atoms. The molecule has 3 aromatic rings. The third-order valence-corrected chi connectivity index (χ3v) is 5.57. The van der Waals surface area contributed by atoms with Crippen LogP contribution in [0.2, 0.25) is 0 Å².